The lowest BCUT2D eigenvalue weighted by molar-refractivity contribution is -0.116. The molecule has 2 rings (SSSR count). The molecule has 1 aromatic heterocycles. The van der Waals surface area contributed by atoms with Crippen molar-refractivity contribution in [2.24, 2.45) is 5.73 Å². The second-order valence-electron chi connectivity index (χ2n) is 4.57. The van der Waals surface area contributed by atoms with Gasteiger partial charge in [-0.25, -0.2) is 0 Å². The third kappa shape index (κ3) is 3.18. The number of rotatable bonds is 4. The van der Waals surface area contributed by atoms with Gasteiger partial charge in [0.05, 0.1) is 5.69 Å². The number of amides is 1. The average Bonchev–Trinajstić information content (AvgIpc) is 2.63. The molecule has 3 N–H and O–H groups in total. The van der Waals surface area contributed by atoms with Crippen LogP contribution in [0, 0.1) is 13.8 Å². The summed E-state index contributed by atoms with van der Waals surface area (Å²) in [6.45, 7) is 4.38. The number of carbonyl (C=O) groups excluding carboxylic acids is 1. The van der Waals surface area contributed by atoms with Crippen LogP contribution in [-0.2, 0) is 17.9 Å². The molecule has 2 aromatic rings. The summed E-state index contributed by atoms with van der Waals surface area (Å²) in [5.41, 5.74) is 9.11. The second kappa shape index (κ2) is 6.07. The molecular formula is C14H17ClN4O. The van der Waals surface area contributed by atoms with E-state index in [1.165, 1.54) is 0 Å². The summed E-state index contributed by atoms with van der Waals surface area (Å²) in [6, 6.07) is 7.03. The molecule has 1 aromatic carbocycles. The van der Waals surface area contributed by atoms with Crippen molar-refractivity contribution < 1.29 is 4.79 Å². The van der Waals surface area contributed by atoms with Crippen molar-refractivity contribution in [2.45, 2.75) is 26.9 Å². The van der Waals surface area contributed by atoms with Gasteiger partial charge in [0.2, 0.25) is 5.91 Å². The average molecular weight is 293 g/mol. The van der Waals surface area contributed by atoms with Gasteiger partial charge in [-0.1, -0.05) is 17.7 Å². The molecule has 0 saturated heterocycles. The third-order valence-corrected chi connectivity index (χ3v) is 3.37. The van der Waals surface area contributed by atoms with Crippen LogP contribution in [0.3, 0.4) is 0 Å². The Hall–Kier alpha value is -1.85. The van der Waals surface area contributed by atoms with Gasteiger partial charge in [0, 0.05) is 28.5 Å². The standard InChI is InChI=1S/C14H17ClN4O/c1-9-13(7-16)10(2)19(18-9)8-14(20)17-12-5-3-4-11(15)6-12/h3-6H,7-8,16H2,1-2H3,(H,17,20). The van der Waals surface area contributed by atoms with Crippen molar-refractivity contribution in [1.29, 1.82) is 0 Å². The minimum atomic E-state index is -0.151. The molecule has 0 bridgehead atoms. The second-order valence-corrected chi connectivity index (χ2v) is 5.01. The Balaban J connectivity index is 2.09. The van der Waals surface area contributed by atoms with Gasteiger partial charge < -0.3 is 11.1 Å². The van der Waals surface area contributed by atoms with Crippen LogP contribution in [0.1, 0.15) is 17.0 Å². The molecule has 0 aliphatic heterocycles. The van der Waals surface area contributed by atoms with E-state index >= 15 is 0 Å². The van der Waals surface area contributed by atoms with Crippen LogP contribution >= 0.6 is 11.6 Å². The molecule has 6 heteroatoms. The molecule has 5 nitrogen and oxygen atoms in total. The quantitative estimate of drug-likeness (QED) is 0.908. The summed E-state index contributed by atoms with van der Waals surface area (Å²) in [5.74, 6) is -0.151. The number of nitrogens with zero attached hydrogens (tertiary/aromatic N) is 2. The van der Waals surface area contributed by atoms with Crippen LogP contribution in [-0.4, -0.2) is 15.7 Å². The zero-order valence-corrected chi connectivity index (χ0v) is 12.2. The molecule has 0 aliphatic rings. The fourth-order valence-electron chi connectivity index (χ4n) is 2.09. The van der Waals surface area contributed by atoms with Gasteiger partial charge in [-0.3, -0.25) is 9.48 Å². The summed E-state index contributed by atoms with van der Waals surface area (Å²) in [4.78, 5) is 12.0. The maximum absolute atomic E-state index is 12.0. The van der Waals surface area contributed by atoms with Gasteiger partial charge in [0.25, 0.3) is 0 Å². The highest BCUT2D eigenvalue weighted by atomic mass is 35.5. The molecule has 106 valence electrons. The highest BCUT2D eigenvalue weighted by Crippen LogP contribution is 2.15. The number of benzene rings is 1. The van der Waals surface area contributed by atoms with Crippen LogP contribution < -0.4 is 11.1 Å². The Kier molecular flexibility index (Phi) is 4.42. The van der Waals surface area contributed by atoms with Gasteiger partial charge in [0.1, 0.15) is 6.54 Å². The van der Waals surface area contributed by atoms with Crippen molar-refractivity contribution in [3.05, 3.63) is 46.2 Å². The van der Waals surface area contributed by atoms with Crippen molar-refractivity contribution in [3.63, 3.8) is 0 Å². The zero-order chi connectivity index (χ0) is 14.7. The number of halogens is 1. The van der Waals surface area contributed by atoms with E-state index in [4.69, 9.17) is 17.3 Å². The topological polar surface area (TPSA) is 72.9 Å². The number of aryl methyl sites for hydroxylation is 1. The lowest BCUT2D eigenvalue weighted by atomic mass is 10.2. The molecule has 20 heavy (non-hydrogen) atoms. The lowest BCUT2D eigenvalue weighted by Crippen LogP contribution is -2.20. The first-order valence-electron chi connectivity index (χ1n) is 6.29. The fourth-order valence-corrected chi connectivity index (χ4v) is 2.28. The highest BCUT2D eigenvalue weighted by Gasteiger charge is 2.12. The Morgan fingerprint density at radius 2 is 2.20 bits per heavy atom. The van der Waals surface area contributed by atoms with Crippen LogP contribution in [0.25, 0.3) is 0 Å². The molecular weight excluding hydrogens is 276 g/mol. The third-order valence-electron chi connectivity index (χ3n) is 3.14. The van der Waals surface area contributed by atoms with Crippen molar-refractivity contribution in [3.8, 4) is 0 Å². The van der Waals surface area contributed by atoms with E-state index in [2.05, 4.69) is 10.4 Å². The van der Waals surface area contributed by atoms with E-state index in [9.17, 15) is 4.79 Å². The minimum Gasteiger partial charge on any atom is -0.326 e. The fraction of sp³-hybridized carbons (Fsp3) is 0.286. The maximum Gasteiger partial charge on any atom is 0.246 e. The van der Waals surface area contributed by atoms with Crippen molar-refractivity contribution in [1.82, 2.24) is 9.78 Å². The van der Waals surface area contributed by atoms with E-state index in [1.807, 2.05) is 13.8 Å². The number of carbonyl (C=O) groups is 1. The zero-order valence-electron chi connectivity index (χ0n) is 11.5. The molecule has 1 amide bonds. The Morgan fingerprint density at radius 3 is 2.80 bits per heavy atom. The molecule has 0 fully saturated rings. The highest BCUT2D eigenvalue weighted by molar-refractivity contribution is 6.30. The minimum absolute atomic E-state index is 0.151. The van der Waals surface area contributed by atoms with Gasteiger partial charge in [-0.05, 0) is 32.0 Å². The summed E-state index contributed by atoms with van der Waals surface area (Å²) in [5, 5.41) is 7.70. The molecule has 1 heterocycles. The Bertz CT molecular complexity index is 636. The molecule has 0 saturated carbocycles. The molecule has 0 atom stereocenters. The number of nitrogens with one attached hydrogen (secondary N) is 1. The molecule has 0 spiro atoms. The number of anilines is 1. The summed E-state index contributed by atoms with van der Waals surface area (Å²) >= 11 is 5.87. The van der Waals surface area contributed by atoms with Gasteiger partial charge in [-0.2, -0.15) is 5.10 Å². The normalized spacial score (nSPS) is 10.6. The Labute approximate surface area is 122 Å². The lowest BCUT2D eigenvalue weighted by Gasteiger charge is -2.07. The summed E-state index contributed by atoms with van der Waals surface area (Å²) in [7, 11) is 0. The van der Waals surface area contributed by atoms with Gasteiger partial charge >= 0.3 is 0 Å². The number of hydrogen-bond acceptors (Lipinski definition) is 3. The van der Waals surface area contributed by atoms with E-state index in [0.717, 1.165) is 17.0 Å². The SMILES string of the molecule is Cc1nn(CC(=O)Nc2cccc(Cl)c2)c(C)c1CN. The first kappa shape index (κ1) is 14.6. The predicted octanol–water partition coefficient (Wildman–Crippen LogP) is 2.25. The monoisotopic (exact) mass is 292 g/mol. The smallest absolute Gasteiger partial charge is 0.246 e. The van der Waals surface area contributed by atoms with Gasteiger partial charge in [0.15, 0.2) is 0 Å². The summed E-state index contributed by atoms with van der Waals surface area (Å²) < 4.78 is 1.66. The van der Waals surface area contributed by atoms with Crippen LogP contribution in [0.2, 0.25) is 5.02 Å². The van der Waals surface area contributed by atoms with E-state index in [0.29, 0.717) is 17.3 Å². The first-order valence-corrected chi connectivity index (χ1v) is 6.67. The van der Waals surface area contributed by atoms with E-state index < -0.39 is 0 Å². The first-order chi connectivity index (χ1) is 9.51. The number of nitrogens with two attached hydrogens (primary N) is 1. The summed E-state index contributed by atoms with van der Waals surface area (Å²) in [6.07, 6.45) is 0. The van der Waals surface area contributed by atoms with Gasteiger partial charge in [-0.15, -0.1) is 0 Å². The molecule has 0 aliphatic carbocycles. The molecule has 0 radical (unpaired) electrons. The maximum atomic E-state index is 12.0. The predicted molar refractivity (Wildman–Crippen MR) is 79.7 cm³/mol. The largest absolute Gasteiger partial charge is 0.326 e. The van der Waals surface area contributed by atoms with Crippen molar-refractivity contribution >= 4 is 23.2 Å². The molecule has 0 unspecified atom stereocenters. The number of hydrogen-bond donors (Lipinski definition) is 2. The van der Waals surface area contributed by atoms with Crippen LogP contribution in [0.15, 0.2) is 24.3 Å². The van der Waals surface area contributed by atoms with Crippen LogP contribution in [0.4, 0.5) is 5.69 Å². The number of aromatic nitrogens is 2. The Morgan fingerprint density at radius 1 is 1.45 bits per heavy atom. The van der Waals surface area contributed by atoms with Crippen LogP contribution in [0.5, 0.6) is 0 Å². The van der Waals surface area contributed by atoms with E-state index in [-0.39, 0.29) is 12.5 Å². The van der Waals surface area contributed by atoms with Crippen molar-refractivity contribution in [2.75, 3.05) is 5.32 Å². The van der Waals surface area contributed by atoms with E-state index in [1.54, 1.807) is 28.9 Å².